The summed E-state index contributed by atoms with van der Waals surface area (Å²) in [6.07, 6.45) is 9.98. The first kappa shape index (κ1) is 13.4. The molecule has 1 saturated carbocycles. The number of hydrogen-bond acceptors (Lipinski definition) is 2. The lowest BCUT2D eigenvalue weighted by Crippen LogP contribution is -2.46. The van der Waals surface area contributed by atoms with Crippen molar-refractivity contribution in [3.63, 3.8) is 0 Å². The third kappa shape index (κ3) is 3.96. The standard InChI is InChI=1S/C15H30N2/c1-13-7-6-11-17(14(13)2)12-10-16-15-8-4-3-5-9-15/h13-16H,3-12H2,1-2H3. The van der Waals surface area contributed by atoms with Crippen LogP contribution in [0.2, 0.25) is 0 Å². The van der Waals surface area contributed by atoms with E-state index in [2.05, 4.69) is 24.1 Å². The molecular weight excluding hydrogens is 208 g/mol. The molecule has 0 amide bonds. The van der Waals surface area contributed by atoms with Gasteiger partial charge in [0.1, 0.15) is 0 Å². The SMILES string of the molecule is CC1CCCN(CCNC2CCCCC2)C1C. The van der Waals surface area contributed by atoms with Crippen molar-refractivity contribution in [1.29, 1.82) is 0 Å². The molecule has 100 valence electrons. The van der Waals surface area contributed by atoms with E-state index in [1.54, 1.807) is 0 Å². The van der Waals surface area contributed by atoms with Crippen molar-refractivity contribution < 1.29 is 0 Å². The van der Waals surface area contributed by atoms with Crippen LogP contribution in [0.25, 0.3) is 0 Å². The molecule has 0 aromatic heterocycles. The minimum absolute atomic E-state index is 0.789. The molecule has 1 aliphatic carbocycles. The molecule has 2 aliphatic rings. The first-order chi connectivity index (χ1) is 8.27. The summed E-state index contributed by atoms with van der Waals surface area (Å²) in [4.78, 5) is 2.68. The maximum atomic E-state index is 3.76. The molecule has 2 nitrogen and oxygen atoms in total. The summed E-state index contributed by atoms with van der Waals surface area (Å²) >= 11 is 0. The Hall–Kier alpha value is -0.0800. The van der Waals surface area contributed by atoms with Gasteiger partial charge in [0.05, 0.1) is 0 Å². The van der Waals surface area contributed by atoms with Crippen molar-refractivity contribution >= 4 is 0 Å². The number of piperidine rings is 1. The topological polar surface area (TPSA) is 15.3 Å². The van der Waals surface area contributed by atoms with Crippen LogP contribution in [0.4, 0.5) is 0 Å². The zero-order chi connectivity index (χ0) is 12.1. The van der Waals surface area contributed by atoms with Crippen LogP contribution < -0.4 is 5.32 Å². The molecule has 0 radical (unpaired) electrons. The molecule has 0 aromatic rings. The summed E-state index contributed by atoms with van der Waals surface area (Å²) in [6, 6.07) is 1.61. The molecule has 1 heterocycles. The van der Waals surface area contributed by atoms with E-state index >= 15 is 0 Å². The van der Waals surface area contributed by atoms with Crippen LogP contribution in [-0.2, 0) is 0 Å². The van der Waals surface area contributed by atoms with Crippen LogP contribution in [0.15, 0.2) is 0 Å². The Labute approximate surface area is 107 Å². The average Bonchev–Trinajstić information content (AvgIpc) is 2.36. The molecule has 17 heavy (non-hydrogen) atoms. The minimum atomic E-state index is 0.789. The lowest BCUT2D eigenvalue weighted by Gasteiger charge is -2.38. The normalized spacial score (nSPS) is 32.8. The van der Waals surface area contributed by atoms with Gasteiger partial charge in [-0.1, -0.05) is 26.2 Å². The molecule has 2 atom stereocenters. The van der Waals surface area contributed by atoms with Crippen LogP contribution in [0.1, 0.15) is 58.8 Å². The fraction of sp³-hybridized carbons (Fsp3) is 1.00. The zero-order valence-electron chi connectivity index (χ0n) is 11.8. The number of rotatable bonds is 4. The van der Waals surface area contributed by atoms with Gasteiger partial charge < -0.3 is 5.32 Å². The van der Waals surface area contributed by atoms with Crippen molar-refractivity contribution in [3.8, 4) is 0 Å². The summed E-state index contributed by atoms with van der Waals surface area (Å²) in [7, 11) is 0. The van der Waals surface area contributed by atoms with Gasteiger partial charge in [-0.15, -0.1) is 0 Å². The van der Waals surface area contributed by atoms with Gasteiger partial charge >= 0.3 is 0 Å². The third-order valence-electron chi connectivity index (χ3n) is 4.94. The van der Waals surface area contributed by atoms with Crippen LogP contribution in [0.5, 0.6) is 0 Å². The third-order valence-corrected chi connectivity index (χ3v) is 4.94. The zero-order valence-corrected chi connectivity index (χ0v) is 11.8. The van der Waals surface area contributed by atoms with Gasteiger partial charge in [-0.05, 0) is 45.1 Å². The predicted octanol–water partition coefficient (Wildman–Crippen LogP) is 3.03. The van der Waals surface area contributed by atoms with Gasteiger partial charge in [0.15, 0.2) is 0 Å². The van der Waals surface area contributed by atoms with Crippen molar-refractivity contribution in [2.45, 2.75) is 70.9 Å². The van der Waals surface area contributed by atoms with E-state index < -0.39 is 0 Å². The summed E-state index contributed by atoms with van der Waals surface area (Å²) < 4.78 is 0. The Bertz CT molecular complexity index is 211. The highest BCUT2D eigenvalue weighted by Gasteiger charge is 2.24. The van der Waals surface area contributed by atoms with E-state index in [1.807, 2.05) is 0 Å². The number of hydrogen-bond donors (Lipinski definition) is 1. The Morgan fingerprint density at radius 1 is 1.00 bits per heavy atom. The smallest absolute Gasteiger partial charge is 0.0110 e. The molecule has 1 aliphatic heterocycles. The van der Waals surface area contributed by atoms with Gasteiger partial charge in [0.25, 0.3) is 0 Å². The molecule has 1 saturated heterocycles. The van der Waals surface area contributed by atoms with E-state index in [1.165, 1.54) is 64.6 Å². The highest BCUT2D eigenvalue weighted by molar-refractivity contribution is 4.79. The maximum Gasteiger partial charge on any atom is 0.0110 e. The van der Waals surface area contributed by atoms with E-state index in [9.17, 15) is 0 Å². The fourth-order valence-corrected chi connectivity index (χ4v) is 3.46. The first-order valence-electron chi connectivity index (χ1n) is 7.75. The second-order valence-electron chi connectivity index (χ2n) is 6.19. The maximum absolute atomic E-state index is 3.76. The summed E-state index contributed by atoms with van der Waals surface area (Å²) in [6.45, 7) is 8.58. The van der Waals surface area contributed by atoms with Gasteiger partial charge in [0.2, 0.25) is 0 Å². The second-order valence-corrected chi connectivity index (χ2v) is 6.19. The molecule has 2 rings (SSSR count). The van der Waals surface area contributed by atoms with Gasteiger partial charge in [0, 0.05) is 25.2 Å². The van der Waals surface area contributed by atoms with Gasteiger partial charge in [-0.2, -0.15) is 0 Å². The summed E-state index contributed by atoms with van der Waals surface area (Å²) in [5.41, 5.74) is 0. The van der Waals surface area contributed by atoms with Crippen LogP contribution >= 0.6 is 0 Å². The monoisotopic (exact) mass is 238 g/mol. The minimum Gasteiger partial charge on any atom is -0.313 e. The second kappa shape index (κ2) is 6.75. The van der Waals surface area contributed by atoms with Crippen LogP contribution in [-0.4, -0.2) is 36.6 Å². The molecule has 1 N–H and O–H groups in total. The van der Waals surface area contributed by atoms with E-state index in [0.717, 1.165) is 18.0 Å². The first-order valence-corrected chi connectivity index (χ1v) is 7.75. The van der Waals surface area contributed by atoms with Crippen molar-refractivity contribution in [2.75, 3.05) is 19.6 Å². The van der Waals surface area contributed by atoms with E-state index in [0.29, 0.717) is 0 Å². The summed E-state index contributed by atoms with van der Waals surface area (Å²) in [5, 5.41) is 3.76. The van der Waals surface area contributed by atoms with Crippen molar-refractivity contribution in [3.05, 3.63) is 0 Å². The highest BCUT2D eigenvalue weighted by atomic mass is 15.2. The van der Waals surface area contributed by atoms with Crippen molar-refractivity contribution in [1.82, 2.24) is 10.2 Å². The number of nitrogens with zero attached hydrogens (tertiary/aromatic N) is 1. The van der Waals surface area contributed by atoms with E-state index in [-0.39, 0.29) is 0 Å². The van der Waals surface area contributed by atoms with Gasteiger partial charge in [-0.25, -0.2) is 0 Å². The Morgan fingerprint density at radius 2 is 1.76 bits per heavy atom. The molecule has 0 aromatic carbocycles. The molecular formula is C15H30N2. The van der Waals surface area contributed by atoms with Gasteiger partial charge in [-0.3, -0.25) is 4.90 Å². The lowest BCUT2D eigenvalue weighted by molar-refractivity contribution is 0.113. The van der Waals surface area contributed by atoms with Crippen molar-refractivity contribution in [2.24, 2.45) is 5.92 Å². The Kier molecular flexibility index (Phi) is 5.30. The van der Waals surface area contributed by atoms with E-state index in [4.69, 9.17) is 0 Å². The fourth-order valence-electron chi connectivity index (χ4n) is 3.46. The predicted molar refractivity (Wildman–Crippen MR) is 74.3 cm³/mol. The molecule has 2 fully saturated rings. The van der Waals surface area contributed by atoms with Crippen LogP contribution in [0, 0.1) is 5.92 Å². The molecule has 0 bridgehead atoms. The summed E-state index contributed by atoms with van der Waals surface area (Å²) in [5.74, 6) is 0.887. The number of nitrogens with one attached hydrogen (secondary N) is 1. The Balaban J connectivity index is 1.63. The largest absolute Gasteiger partial charge is 0.313 e. The lowest BCUT2D eigenvalue weighted by atomic mass is 9.92. The average molecular weight is 238 g/mol. The quantitative estimate of drug-likeness (QED) is 0.810. The Morgan fingerprint density at radius 3 is 2.53 bits per heavy atom. The van der Waals surface area contributed by atoms with Crippen LogP contribution in [0.3, 0.4) is 0 Å². The highest BCUT2D eigenvalue weighted by Crippen LogP contribution is 2.22. The molecule has 2 unspecified atom stereocenters. The molecule has 0 spiro atoms. The number of likely N-dealkylation sites (tertiary alicyclic amines) is 1. The molecule has 2 heteroatoms.